The molecule has 18 heavy (non-hydrogen) atoms. The molecule has 0 saturated carbocycles. The molecule has 4 nitrogen and oxygen atoms in total. The third-order valence-electron chi connectivity index (χ3n) is 2.53. The summed E-state index contributed by atoms with van der Waals surface area (Å²) in [4.78, 5) is 8.11. The van der Waals surface area contributed by atoms with Crippen molar-refractivity contribution in [3.05, 3.63) is 46.8 Å². The fourth-order valence-electron chi connectivity index (χ4n) is 1.65. The van der Waals surface area contributed by atoms with Crippen LogP contribution in [0.15, 0.2) is 41.3 Å². The highest BCUT2D eigenvalue weighted by Gasteiger charge is 2.02. The summed E-state index contributed by atoms with van der Waals surface area (Å²) in [5.74, 6) is 0.765. The quantitative estimate of drug-likeness (QED) is 0.891. The maximum Gasteiger partial charge on any atom is 0.148 e. The van der Waals surface area contributed by atoms with Gasteiger partial charge in [-0.15, -0.1) is 0 Å². The highest BCUT2D eigenvalue weighted by molar-refractivity contribution is 9.10. The molecule has 2 aromatic rings. The van der Waals surface area contributed by atoms with Crippen LogP contribution in [0.1, 0.15) is 12.0 Å². The van der Waals surface area contributed by atoms with Crippen LogP contribution < -0.4 is 11.1 Å². The second-order valence-electron chi connectivity index (χ2n) is 3.94. The molecule has 0 radical (unpaired) electrons. The first-order chi connectivity index (χ1) is 8.79. The summed E-state index contributed by atoms with van der Waals surface area (Å²) in [6.07, 6.45) is 5.23. The van der Waals surface area contributed by atoms with Gasteiger partial charge in [0.15, 0.2) is 0 Å². The first-order valence-electron chi connectivity index (χ1n) is 5.81. The van der Waals surface area contributed by atoms with E-state index < -0.39 is 0 Å². The largest absolute Gasteiger partial charge is 0.339 e. The average Bonchev–Trinajstić information content (AvgIpc) is 2.40. The lowest BCUT2D eigenvalue weighted by atomic mass is 10.1. The zero-order valence-electron chi connectivity index (χ0n) is 9.94. The molecule has 0 atom stereocenters. The van der Waals surface area contributed by atoms with Gasteiger partial charge >= 0.3 is 0 Å². The third-order valence-corrected chi connectivity index (χ3v) is 3.11. The van der Waals surface area contributed by atoms with Crippen molar-refractivity contribution in [2.45, 2.75) is 12.8 Å². The average molecular weight is 307 g/mol. The number of hydrogen-bond acceptors (Lipinski definition) is 4. The van der Waals surface area contributed by atoms with E-state index in [2.05, 4.69) is 43.3 Å². The molecule has 1 aromatic carbocycles. The van der Waals surface area contributed by atoms with Crippen molar-refractivity contribution in [3.8, 4) is 0 Å². The van der Waals surface area contributed by atoms with Crippen LogP contribution in [0.5, 0.6) is 0 Å². The topological polar surface area (TPSA) is 63.8 Å². The first kappa shape index (κ1) is 13.0. The molecule has 0 amide bonds. The van der Waals surface area contributed by atoms with Crippen molar-refractivity contribution in [1.29, 1.82) is 0 Å². The number of hydrogen-bond donors (Lipinski definition) is 2. The van der Waals surface area contributed by atoms with Crippen molar-refractivity contribution < 1.29 is 0 Å². The molecule has 1 aromatic heterocycles. The van der Waals surface area contributed by atoms with E-state index in [0.717, 1.165) is 35.4 Å². The van der Waals surface area contributed by atoms with Crippen molar-refractivity contribution in [1.82, 2.24) is 9.97 Å². The first-order valence-corrected chi connectivity index (χ1v) is 6.60. The molecule has 0 aliphatic rings. The molecular weight excluding hydrogens is 292 g/mol. The minimum absolute atomic E-state index is 0.717. The minimum Gasteiger partial charge on any atom is -0.339 e. The van der Waals surface area contributed by atoms with E-state index in [1.54, 1.807) is 6.20 Å². The zero-order chi connectivity index (χ0) is 12.8. The fourth-order valence-corrected chi connectivity index (χ4v) is 1.97. The molecule has 0 aliphatic heterocycles. The Balaban J connectivity index is 2.12. The van der Waals surface area contributed by atoms with E-state index in [-0.39, 0.29) is 0 Å². The summed E-state index contributed by atoms with van der Waals surface area (Å²) in [7, 11) is 0. The second-order valence-corrected chi connectivity index (χ2v) is 4.79. The number of nitrogens with zero attached hydrogens (tertiary/aromatic N) is 2. The second kappa shape index (κ2) is 6.47. The number of nitrogens with two attached hydrogens (primary N) is 1. The van der Waals surface area contributed by atoms with Crippen molar-refractivity contribution in [3.63, 3.8) is 0 Å². The van der Waals surface area contributed by atoms with E-state index in [0.29, 0.717) is 0 Å². The van der Waals surface area contributed by atoms with Gasteiger partial charge in [-0.25, -0.2) is 9.97 Å². The summed E-state index contributed by atoms with van der Waals surface area (Å²) in [5.41, 5.74) is 7.81. The van der Waals surface area contributed by atoms with E-state index in [1.165, 1.54) is 11.9 Å². The molecule has 3 N–H and O–H groups in total. The van der Waals surface area contributed by atoms with Gasteiger partial charge in [0.2, 0.25) is 0 Å². The molecule has 0 unspecified atom stereocenters. The van der Waals surface area contributed by atoms with Crippen molar-refractivity contribution in [2.75, 3.05) is 11.9 Å². The van der Waals surface area contributed by atoms with Gasteiger partial charge in [0, 0.05) is 11.9 Å². The van der Waals surface area contributed by atoms with Crippen LogP contribution in [-0.4, -0.2) is 16.5 Å². The van der Waals surface area contributed by atoms with E-state index in [4.69, 9.17) is 5.73 Å². The van der Waals surface area contributed by atoms with Gasteiger partial charge in [0.25, 0.3) is 0 Å². The van der Waals surface area contributed by atoms with E-state index in [1.807, 2.05) is 12.1 Å². The Morgan fingerprint density at radius 1 is 1.33 bits per heavy atom. The maximum absolute atomic E-state index is 5.52. The van der Waals surface area contributed by atoms with E-state index >= 15 is 0 Å². The Morgan fingerprint density at radius 2 is 2.22 bits per heavy atom. The summed E-state index contributed by atoms with van der Waals surface area (Å²) < 4.78 is 0.845. The Bertz CT molecular complexity index is 516. The number of aromatic nitrogens is 2. The summed E-state index contributed by atoms with van der Waals surface area (Å²) >= 11 is 3.41. The van der Waals surface area contributed by atoms with Crippen LogP contribution in [0, 0.1) is 0 Å². The number of aryl methyl sites for hydroxylation is 1. The molecule has 0 spiro atoms. The normalized spacial score (nSPS) is 10.3. The zero-order valence-corrected chi connectivity index (χ0v) is 11.5. The highest BCUT2D eigenvalue weighted by Crippen LogP contribution is 2.22. The molecule has 0 aliphatic carbocycles. The van der Waals surface area contributed by atoms with Gasteiger partial charge in [-0.1, -0.05) is 12.1 Å². The Labute approximate surface area is 115 Å². The predicted octanol–water partition coefficient (Wildman–Crippen LogP) is 2.87. The van der Waals surface area contributed by atoms with Crippen molar-refractivity contribution >= 4 is 27.4 Å². The van der Waals surface area contributed by atoms with Crippen LogP contribution in [0.4, 0.5) is 11.5 Å². The molecule has 0 bridgehead atoms. The van der Waals surface area contributed by atoms with Crippen LogP contribution in [0.2, 0.25) is 0 Å². The lowest BCUT2D eigenvalue weighted by Gasteiger charge is -2.08. The minimum atomic E-state index is 0.717. The fraction of sp³-hybridized carbons (Fsp3) is 0.231. The smallest absolute Gasteiger partial charge is 0.148 e. The van der Waals surface area contributed by atoms with Gasteiger partial charge < -0.3 is 11.1 Å². The summed E-state index contributed by atoms with van der Waals surface area (Å²) in [6.45, 7) is 0.717. The number of anilines is 2. The molecule has 0 fully saturated rings. The van der Waals surface area contributed by atoms with Crippen molar-refractivity contribution in [2.24, 2.45) is 5.73 Å². The van der Waals surface area contributed by atoms with Gasteiger partial charge in [-0.05, 0) is 53.0 Å². The van der Waals surface area contributed by atoms with Gasteiger partial charge in [0.05, 0.1) is 4.47 Å². The van der Waals surface area contributed by atoms with Crippen LogP contribution in [0.25, 0.3) is 0 Å². The molecular formula is C13H15BrN4. The third kappa shape index (κ3) is 3.51. The predicted molar refractivity (Wildman–Crippen MR) is 76.8 cm³/mol. The van der Waals surface area contributed by atoms with Gasteiger partial charge in [-0.3, -0.25) is 0 Å². The Morgan fingerprint density at radius 3 is 3.00 bits per heavy atom. The maximum atomic E-state index is 5.52. The Kier molecular flexibility index (Phi) is 4.66. The SMILES string of the molecule is NCCCc1cccc(Nc2ncncc2Br)c1. The van der Waals surface area contributed by atoms with Gasteiger partial charge in [-0.2, -0.15) is 0 Å². The number of benzene rings is 1. The monoisotopic (exact) mass is 306 g/mol. The molecule has 5 heteroatoms. The van der Waals surface area contributed by atoms with Crippen LogP contribution in [0.3, 0.4) is 0 Å². The van der Waals surface area contributed by atoms with Gasteiger partial charge in [0.1, 0.15) is 12.1 Å². The molecule has 94 valence electrons. The number of halogens is 1. The number of rotatable bonds is 5. The Hall–Kier alpha value is -1.46. The summed E-state index contributed by atoms with van der Waals surface area (Å²) in [5, 5.41) is 3.26. The molecule has 2 rings (SSSR count). The van der Waals surface area contributed by atoms with E-state index in [9.17, 15) is 0 Å². The number of nitrogens with one attached hydrogen (secondary N) is 1. The molecule has 1 heterocycles. The lowest BCUT2D eigenvalue weighted by molar-refractivity contribution is 0.833. The molecule has 0 saturated heterocycles. The standard InChI is InChI=1S/C13H15BrN4/c14-12-8-16-9-17-13(12)18-11-5-1-3-10(7-11)4-2-6-15/h1,3,5,7-9H,2,4,6,15H2,(H,16,17,18). The lowest BCUT2D eigenvalue weighted by Crippen LogP contribution is -2.01. The summed E-state index contributed by atoms with van der Waals surface area (Å²) in [6, 6.07) is 8.27. The van der Waals surface area contributed by atoms with Crippen LogP contribution >= 0.6 is 15.9 Å². The van der Waals surface area contributed by atoms with Crippen LogP contribution in [-0.2, 0) is 6.42 Å². The highest BCUT2D eigenvalue weighted by atomic mass is 79.9.